The minimum atomic E-state index is -0.395. The molecule has 1 aliphatic heterocycles. The quantitative estimate of drug-likeness (QED) is 0.761. The number of nitrogens with two attached hydrogens (primary N) is 1. The topological polar surface area (TPSA) is 52.3 Å². The van der Waals surface area contributed by atoms with E-state index in [0.29, 0.717) is 24.3 Å². The first-order valence-corrected chi connectivity index (χ1v) is 5.07. The van der Waals surface area contributed by atoms with Crippen LogP contribution in [-0.4, -0.2) is 11.4 Å². The molecule has 0 aliphatic carbocycles. The summed E-state index contributed by atoms with van der Waals surface area (Å²) in [6.45, 7) is 4.29. The van der Waals surface area contributed by atoms with Crippen LogP contribution in [0.25, 0.3) is 0 Å². The fourth-order valence-corrected chi connectivity index (χ4v) is 1.83. The molecule has 0 aromatic heterocycles. The van der Waals surface area contributed by atoms with Crippen LogP contribution in [0.3, 0.4) is 0 Å². The van der Waals surface area contributed by atoms with Gasteiger partial charge in [-0.05, 0) is 31.5 Å². The van der Waals surface area contributed by atoms with Crippen molar-refractivity contribution in [2.45, 2.75) is 32.4 Å². The highest BCUT2D eigenvalue weighted by Gasteiger charge is 2.32. The number of carbonyl (C=O) groups excluding carboxylic acids is 1. The summed E-state index contributed by atoms with van der Waals surface area (Å²) < 4.78 is 5.73. The Morgan fingerprint density at radius 1 is 1.47 bits per heavy atom. The van der Waals surface area contributed by atoms with Crippen LogP contribution in [0.15, 0.2) is 18.2 Å². The van der Waals surface area contributed by atoms with E-state index in [9.17, 15) is 4.79 Å². The molecule has 0 radical (unpaired) electrons. The van der Waals surface area contributed by atoms with E-state index >= 15 is 0 Å². The molecule has 15 heavy (non-hydrogen) atoms. The van der Waals surface area contributed by atoms with E-state index in [1.807, 2.05) is 32.0 Å². The Morgan fingerprint density at radius 2 is 2.20 bits per heavy atom. The van der Waals surface area contributed by atoms with E-state index in [4.69, 9.17) is 10.5 Å². The van der Waals surface area contributed by atoms with Crippen molar-refractivity contribution in [2.24, 2.45) is 5.73 Å². The van der Waals surface area contributed by atoms with Gasteiger partial charge in [-0.15, -0.1) is 0 Å². The molecule has 80 valence electrons. The molecule has 0 fully saturated rings. The maximum atomic E-state index is 11.8. The van der Waals surface area contributed by atoms with Gasteiger partial charge in [0.15, 0.2) is 5.78 Å². The van der Waals surface area contributed by atoms with Gasteiger partial charge in [0.25, 0.3) is 0 Å². The zero-order valence-electron chi connectivity index (χ0n) is 9.04. The monoisotopic (exact) mass is 205 g/mol. The first kappa shape index (κ1) is 10.2. The number of benzene rings is 1. The third-order valence-corrected chi connectivity index (χ3v) is 2.55. The number of hydrogen-bond acceptors (Lipinski definition) is 3. The SMILES string of the molecule is CC1(C)CC(=O)c2cc(CN)ccc2O1. The average molecular weight is 205 g/mol. The normalized spacial score (nSPS) is 18.2. The van der Waals surface area contributed by atoms with Crippen LogP contribution in [-0.2, 0) is 6.54 Å². The minimum absolute atomic E-state index is 0.136. The highest BCUT2D eigenvalue weighted by molar-refractivity contribution is 6.00. The van der Waals surface area contributed by atoms with Crippen LogP contribution < -0.4 is 10.5 Å². The third kappa shape index (κ3) is 1.88. The third-order valence-electron chi connectivity index (χ3n) is 2.55. The number of rotatable bonds is 1. The Morgan fingerprint density at radius 3 is 2.87 bits per heavy atom. The summed E-state index contributed by atoms with van der Waals surface area (Å²) in [6.07, 6.45) is 0.425. The van der Waals surface area contributed by atoms with E-state index in [0.717, 1.165) is 5.56 Å². The molecule has 3 heteroatoms. The second-order valence-electron chi connectivity index (χ2n) is 4.50. The van der Waals surface area contributed by atoms with Crippen molar-refractivity contribution in [2.75, 3.05) is 0 Å². The lowest BCUT2D eigenvalue weighted by molar-refractivity contribution is 0.0620. The van der Waals surface area contributed by atoms with E-state index < -0.39 is 5.60 Å². The van der Waals surface area contributed by atoms with Crippen LogP contribution in [0.4, 0.5) is 0 Å². The minimum Gasteiger partial charge on any atom is -0.487 e. The summed E-state index contributed by atoms with van der Waals surface area (Å²) in [7, 11) is 0. The molecule has 2 N–H and O–H groups in total. The highest BCUT2D eigenvalue weighted by Crippen LogP contribution is 2.33. The number of hydrogen-bond donors (Lipinski definition) is 1. The molecule has 3 nitrogen and oxygen atoms in total. The first-order chi connectivity index (χ1) is 7.02. The molecule has 0 unspecified atom stereocenters. The molecule has 0 saturated carbocycles. The van der Waals surface area contributed by atoms with Crippen LogP contribution in [0, 0.1) is 0 Å². The number of ether oxygens (including phenoxy) is 1. The average Bonchev–Trinajstić information content (AvgIpc) is 2.15. The van der Waals surface area contributed by atoms with Gasteiger partial charge in [0, 0.05) is 6.54 Å². The molecule has 1 aliphatic rings. The van der Waals surface area contributed by atoms with Crippen molar-refractivity contribution in [3.63, 3.8) is 0 Å². The Balaban J connectivity index is 2.46. The van der Waals surface area contributed by atoms with Gasteiger partial charge in [-0.3, -0.25) is 4.79 Å². The van der Waals surface area contributed by atoms with Crippen LogP contribution >= 0.6 is 0 Å². The van der Waals surface area contributed by atoms with Gasteiger partial charge in [0.05, 0.1) is 12.0 Å². The fraction of sp³-hybridized carbons (Fsp3) is 0.417. The fourth-order valence-electron chi connectivity index (χ4n) is 1.83. The predicted molar refractivity (Wildman–Crippen MR) is 58.0 cm³/mol. The van der Waals surface area contributed by atoms with Gasteiger partial charge in [-0.2, -0.15) is 0 Å². The Kier molecular flexibility index (Phi) is 2.27. The summed E-state index contributed by atoms with van der Waals surface area (Å²) in [5.41, 5.74) is 6.76. The largest absolute Gasteiger partial charge is 0.487 e. The molecule has 1 heterocycles. The standard InChI is InChI=1S/C12H15NO2/c1-12(2)6-10(14)9-5-8(7-13)3-4-11(9)15-12/h3-5H,6-7,13H2,1-2H3. The van der Waals surface area contributed by atoms with Crippen LogP contribution in [0.2, 0.25) is 0 Å². The second-order valence-corrected chi connectivity index (χ2v) is 4.50. The number of Topliss-reactive ketones (excluding diaryl/α,β-unsaturated/α-hetero) is 1. The van der Waals surface area contributed by atoms with Gasteiger partial charge in [0.2, 0.25) is 0 Å². The van der Waals surface area contributed by atoms with Gasteiger partial charge in [0.1, 0.15) is 11.4 Å². The van der Waals surface area contributed by atoms with E-state index in [1.54, 1.807) is 0 Å². The Hall–Kier alpha value is -1.35. The second kappa shape index (κ2) is 3.35. The van der Waals surface area contributed by atoms with Crippen molar-refractivity contribution in [1.29, 1.82) is 0 Å². The van der Waals surface area contributed by atoms with Crippen molar-refractivity contribution in [1.82, 2.24) is 0 Å². The number of carbonyl (C=O) groups is 1. The molecule has 0 spiro atoms. The van der Waals surface area contributed by atoms with Crippen molar-refractivity contribution in [3.8, 4) is 5.75 Å². The Bertz CT molecular complexity index is 410. The molecule has 1 aromatic rings. The van der Waals surface area contributed by atoms with Crippen molar-refractivity contribution >= 4 is 5.78 Å². The summed E-state index contributed by atoms with van der Waals surface area (Å²) >= 11 is 0. The molecule has 0 amide bonds. The molecule has 1 aromatic carbocycles. The van der Waals surface area contributed by atoms with Crippen molar-refractivity contribution in [3.05, 3.63) is 29.3 Å². The van der Waals surface area contributed by atoms with Crippen LogP contribution in [0.1, 0.15) is 36.2 Å². The molecular formula is C12H15NO2. The van der Waals surface area contributed by atoms with Crippen LogP contribution in [0.5, 0.6) is 5.75 Å². The molecule has 0 bridgehead atoms. The Labute approximate surface area is 89.2 Å². The van der Waals surface area contributed by atoms with E-state index in [1.165, 1.54) is 0 Å². The summed E-state index contributed by atoms with van der Waals surface area (Å²) in [6, 6.07) is 5.55. The zero-order chi connectivity index (χ0) is 11.1. The maximum Gasteiger partial charge on any atom is 0.170 e. The molecule has 0 saturated heterocycles. The first-order valence-electron chi connectivity index (χ1n) is 5.07. The molecular weight excluding hydrogens is 190 g/mol. The lowest BCUT2D eigenvalue weighted by atomic mass is 9.92. The van der Waals surface area contributed by atoms with Gasteiger partial charge < -0.3 is 10.5 Å². The molecule has 2 rings (SSSR count). The predicted octanol–water partition coefficient (Wildman–Crippen LogP) is 1.89. The summed E-state index contributed by atoms with van der Waals surface area (Å²) in [5.74, 6) is 0.810. The van der Waals surface area contributed by atoms with E-state index in [2.05, 4.69) is 0 Å². The smallest absolute Gasteiger partial charge is 0.170 e. The summed E-state index contributed by atoms with van der Waals surface area (Å²) in [4.78, 5) is 11.8. The lowest BCUT2D eigenvalue weighted by Gasteiger charge is -2.31. The van der Waals surface area contributed by atoms with E-state index in [-0.39, 0.29) is 5.78 Å². The molecule has 0 atom stereocenters. The zero-order valence-corrected chi connectivity index (χ0v) is 9.04. The number of ketones is 1. The highest BCUT2D eigenvalue weighted by atomic mass is 16.5. The van der Waals surface area contributed by atoms with Gasteiger partial charge in [-0.1, -0.05) is 6.07 Å². The summed E-state index contributed by atoms with van der Waals surface area (Å²) in [5, 5.41) is 0. The van der Waals surface area contributed by atoms with Crippen molar-refractivity contribution < 1.29 is 9.53 Å². The lowest BCUT2D eigenvalue weighted by Crippen LogP contribution is -2.35. The number of fused-ring (bicyclic) bond motifs is 1. The maximum absolute atomic E-state index is 11.8. The van der Waals surface area contributed by atoms with Gasteiger partial charge in [-0.25, -0.2) is 0 Å². The van der Waals surface area contributed by atoms with Gasteiger partial charge >= 0.3 is 0 Å².